The minimum Gasteiger partial charge on any atom is -0.491 e. The van der Waals surface area contributed by atoms with E-state index in [1.54, 1.807) is 11.3 Å². The fourth-order valence-electron chi connectivity index (χ4n) is 4.66. The first-order chi connectivity index (χ1) is 16.8. The van der Waals surface area contributed by atoms with Crippen molar-refractivity contribution in [1.29, 1.82) is 0 Å². The lowest BCUT2D eigenvalue weighted by atomic mass is 10.00. The fraction of sp³-hybridized carbons (Fsp3) is 0.552. The van der Waals surface area contributed by atoms with Gasteiger partial charge < -0.3 is 14.7 Å². The summed E-state index contributed by atoms with van der Waals surface area (Å²) in [4.78, 5) is 19.1. The molecule has 2 aromatic rings. The summed E-state index contributed by atoms with van der Waals surface area (Å²) in [5.41, 5.74) is 3.53. The largest absolute Gasteiger partial charge is 0.491 e. The molecule has 6 heteroatoms. The third kappa shape index (κ3) is 7.92. The minimum absolute atomic E-state index is 0.101. The Labute approximate surface area is 215 Å². The first-order valence-corrected chi connectivity index (χ1v) is 13.7. The molecule has 1 amide bonds. The Morgan fingerprint density at radius 2 is 2.11 bits per heavy atom. The van der Waals surface area contributed by atoms with Gasteiger partial charge in [-0.1, -0.05) is 37.6 Å². The van der Waals surface area contributed by atoms with Crippen molar-refractivity contribution in [1.82, 2.24) is 9.80 Å². The van der Waals surface area contributed by atoms with E-state index in [4.69, 9.17) is 4.74 Å². The maximum absolute atomic E-state index is 13.6. The predicted octanol–water partition coefficient (Wildman–Crippen LogP) is 5.54. The van der Waals surface area contributed by atoms with Crippen molar-refractivity contribution in [3.63, 3.8) is 0 Å². The molecule has 0 aliphatic carbocycles. The number of amides is 1. The number of allylic oxidation sites excluding steroid dienone is 1. The molecule has 0 radical (unpaired) electrons. The van der Waals surface area contributed by atoms with E-state index in [9.17, 15) is 9.90 Å². The van der Waals surface area contributed by atoms with Gasteiger partial charge in [0.2, 0.25) is 5.91 Å². The Morgan fingerprint density at radius 3 is 2.83 bits per heavy atom. The van der Waals surface area contributed by atoms with E-state index in [1.165, 1.54) is 16.0 Å². The summed E-state index contributed by atoms with van der Waals surface area (Å²) in [5.74, 6) is 1.52. The van der Waals surface area contributed by atoms with Crippen LogP contribution in [-0.2, 0) is 11.2 Å². The zero-order valence-electron chi connectivity index (χ0n) is 21.8. The number of nitrogens with zero attached hydrogens (tertiary/aromatic N) is 2. The number of fused-ring (bicyclic) bond motifs is 1. The number of benzene rings is 1. The molecule has 1 N–H and O–H groups in total. The van der Waals surface area contributed by atoms with Crippen LogP contribution in [0.3, 0.4) is 0 Å². The molecule has 192 valence electrons. The standard InChI is InChI=1S/C29H42N2O3S/c1-6-7-8-24(32)18-30(14-11-21(2)3)19-29(33)31-15-12-28-25(13-16-35-28)26(31)20-34-27-10-9-22(4)17-23(27)5/h6,9-10,13,16-17,21,24,26,32H,1,7-8,11-12,14-15,18-20H2,2-5H3/t24-,26+/m0/s1. The molecule has 0 unspecified atom stereocenters. The predicted molar refractivity (Wildman–Crippen MR) is 145 cm³/mol. The molecule has 3 rings (SSSR count). The molecule has 0 spiro atoms. The molecule has 0 saturated heterocycles. The lowest BCUT2D eigenvalue weighted by molar-refractivity contribution is -0.136. The summed E-state index contributed by atoms with van der Waals surface area (Å²) >= 11 is 1.77. The van der Waals surface area contributed by atoms with Crippen molar-refractivity contribution >= 4 is 17.2 Å². The molecule has 1 aromatic carbocycles. The second kappa shape index (κ2) is 13.2. The lowest BCUT2D eigenvalue weighted by Crippen LogP contribution is -2.48. The number of rotatable bonds is 13. The highest BCUT2D eigenvalue weighted by atomic mass is 32.1. The zero-order chi connectivity index (χ0) is 25.4. The summed E-state index contributed by atoms with van der Waals surface area (Å²) in [5, 5.41) is 12.6. The molecule has 1 aromatic heterocycles. The maximum atomic E-state index is 13.6. The van der Waals surface area contributed by atoms with Gasteiger partial charge in [0.15, 0.2) is 0 Å². The zero-order valence-corrected chi connectivity index (χ0v) is 22.7. The van der Waals surface area contributed by atoms with Gasteiger partial charge in [-0.15, -0.1) is 17.9 Å². The third-order valence-corrected chi connectivity index (χ3v) is 7.69. The van der Waals surface area contributed by atoms with Gasteiger partial charge in [-0.3, -0.25) is 9.69 Å². The van der Waals surface area contributed by atoms with Crippen LogP contribution in [0.1, 0.15) is 60.7 Å². The highest BCUT2D eigenvalue weighted by molar-refractivity contribution is 7.10. The summed E-state index contributed by atoms with van der Waals surface area (Å²) in [6.07, 6.45) is 4.70. The third-order valence-electron chi connectivity index (χ3n) is 6.70. The van der Waals surface area contributed by atoms with Crippen LogP contribution < -0.4 is 4.74 Å². The number of hydrogen-bond donors (Lipinski definition) is 1. The van der Waals surface area contributed by atoms with E-state index < -0.39 is 6.10 Å². The normalized spacial score (nSPS) is 16.4. The van der Waals surface area contributed by atoms with Crippen LogP contribution in [0.25, 0.3) is 0 Å². The molecule has 0 bridgehead atoms. The topological polar surface area (TPSA) is 53.0 Å². The molecule has 1 aliphatic rings. The van der Waals surface area contributed by atoms with Crippen molar-refractivity contribution in [3.8, 4) is 5.75 Å². The van der Waals surface area contributed by atoms with Crippen molar-refractivity contribution in [2.75, 3.05) is 32.8 Å². The van der Waals surface area contributed by atoms with Crippen LogP contribution in [0.2, 0.25) is 0 Å². The highest BCUT2D eigenvalue weighted by Gasteiger charge is 2.33. The van der Waals surface area contributed by atoms with Gasteiger partial charge >= 0.3 is 0 Å². The van der Waals surface area contributed by atoms with Crippen LogP contribution in [0.15, 0.2) is 42.3 Å². The van der Waals surface area contributed by atoms with E-state index in [0.29, 0.717) is 38.6 Å². The molecule has 35 heavy (non-hydrogen) atoms. The second-order valence-corrected chi connectivity index (χ2v) is 11.2. The fourth-order valence-corrected chi connectivity index (χ4v) is 5.59. The summed E-state index contributed by atoms with van der Waals surface area (Å²) in [6.45, 7) is 15.0. The number of thiophene rings is 1. The van der Waals surface area contributed by atoms with Gasteiger partial charge in [0.05, 0.1) is 18.7 Å². The van der Waals surface area contributed by atoms with E-state index in [-0.39, 0.29) is 11.9 Å². The minimum atomic E-state index is -0.457. The van der Waals surface area contributed by atoms with Crippen LogP contribution in [0.4, 0.5) is 0 Å². The van der Waals surface area contributed by atoms with Crippen molar-refractivity contribution in [3.05, 3.63) is 63.9 Å². The molecule has 2 atom stereocenters. The Hall–Kier alpha value is -2.15. The Kier molecular flexibility index (Phi) is 10.4. The van der Waals surface area contributed by atoms with E-state index in [1.807, 2.05) is 17.0 Å². The number of ether oxygens (including phenoxy) is 1. The SMILES string of the molecule is C=CCC[C@H](O)CN(CCC(C)C)CC(=O)N1CCc2sccc2[C@H]1COc1ccc(C)cc1C. The quantitative estimate of drug-likeness (QED) is 0.368. The molecule has 5 nitrogen and oxygen atoms in total. The highest BCUT2D eigenvalue weighted by Crippen LogP contribution is 2.34. The number of aliphatic hydroxyl groups is 1. The van der Waals surface area contributed by atoms with Crippen molar-refractivity contribution in [2.45, 2.75) is 65.5 Å². The number of hydrogen-bond acceptors (Lipinski definition) is 5. The van der Waals surface area contributed by atoms with Gasteiger partial charge in [0.1, 0.15) is 12.4 Å². The second-order valence-electron chi connectivity index (χ2n) is 10.2. The van der Waals surface area contributed by atoms with E-state index >= 15 is 0 Å². The smallest absolute Gasteiger partial charge is 0.237 e. The van der Waals surface area contributed by atoms with Crippen LogP contribution in [0.5, 0.6) is 5.75 Å². The number of carbonyl (C=O) groups is 1. The van der Waals surface area contributed by atoms with Crippen LogP contribution >= 0.6 is 11.3 Å². The molecule has 0 saturated carbocycles. The molecular weight excluding hydrogens is 456 g/mol. The molecule has 1 aliphatic heterocycles. The van der Waals surface area contributed by atoms with Crippen molar-refractivity contribution in [2.24, 2.45) is 5.92 Å². The number of carbonyl (C=O) groups excluding carboxylic acids is 1. The van der Waals surface area contributed by atoms with Gasteiger partial charge in [-0.05, 0) is 80.6 Å². The van der Waals surface area contributed by atoms with Crippen LogP contribution in [-0.4, -0.2) is 59.7 Å². The number of aryl methyl sites for hydroxylation is 2. The van der Waals surface area contributed by atoms with Gasteiger partial charge in [0, 0.05) is 18.0 Å². The van der Waals surface area contributed by atoms with Crippen LogP contribution in [0, 0.1) is 19.8 Å². The average molecular weight is 499 g/mol. The maximum Gasteiger partial charge on any atom is 0.237 e. The molecular formula is C29H42N2O3S. The number of aliphatic hydroxyl groups excluding tert-OH is 1. The average Bonchev–Trinajstić information content (AvgIpc) is 3.29. The Morgan fingerprint density at radius 1 is 1.31 bits per heavy atom. The Balaban J connectivity index is 1.73. The van der Waals surface area contributed by atoms with Crippen molar-refractivity contribution < 1.29 is 14.6 Å². The van der Waals surface area contributed by atoms with Gasteiger partial charge in [0.25, 0.3) is 0 Å². The van der Waals surface area contributed by atoms with Gasteiger partial charge in [-0.25, -0.2) is 0 Å². The van der Waals surface area contributed by atoms with Gasteiger partial charge in [-0.2, -0.15) is 0 Å². The lowest BCUT2D eigenvalue weighted by Gasteiger charge is -2.37. The summed E-state index contributed by atoms with van der Waals surface area (Å²) in [7, 11) is 0. The molecule has 0 fully saturated rings. The monoisotopic (exact) mass is 498 g/mol. The van der Waals surface area contributed by atoms with E-state index in [2.05, 4.69) is 62.8 Å². The molecule has 2 heterocycles. The summed E-state index contributed by atoms with van der Waals surface area (Å²) < 4.78 is 6.28. The van der Waals surface area contributed by atoms with E-state index in [0.717, 1.165) is 37.1 Å². The first kappa shape index (κ1) is 27.4. The summed E-state index contributed by atoms with van der Waals surface area (Å²) in [6, 6.07) is 8.25. The Bertz CT molecular complexity index is 971. The first-order valence-electron chi connectivity index (χ1n) is 12.9.